The highest BCUT2D eigenvalue weighted by molar-refractivity contribution is 5.91. The Kier molecular flexibility index (Phi) is 5.84. The quantitative estimate of drug-likeness (QED) is 0.900. The second-order valence-corrected chi connectivity index (χ2v) is 5.79. The Morgan fingerprint density at radius 2 is 2.00 bits per heavy atom. The van der Waals surface area contributed by atoms with Crippen molar-refractivity contribution < 1.29 is 14.3 Å². The van der Waals surface area contributed by atoms with Crippen molar-refractivity contribution in [3.8, 4) is 0 Å². The van der Waals surface area contributed by atoms with Crippen LogP contribution >= 0.6 is 0 Å². The molecule has 2 rings (SSSR count). The third-order valence-electron chi connectivity index (χ3n) is 4.24. The van der Waals surface area contributed by atoms with Crippen molar-refractivity contribution in [1.82, 2.24) is 10.2 Å². The summed E-state index contributed by atoms with van der Waals surface area (Å²) in [6.45, 7) is 5.26. The normalized spacial score (nSPS) is 15.2. The first-order valence-electron chi connectivity index (χ1n) is 8.04. The second-order valence-electron chi connectivity index (χ2n) is 5.79. The number of benzene rings is 1. The average Bonchev–Trinajstić information content (AvgIpc) is 2.56. The van der Waals surface area contributed by atoms with Gasteiger partial charge in [0.1, 0.15) is 0 Å². The lowest BCUT2D eigenvalue weighted by atomic mass is 10.1. The van der Waals surface area contributed by atoms with E-state index in [2.05, 4.69) is 17.6 Å². The van der Waals surface area contributed by atoms with Crippen LogP contribution in [0, 0.1) is 6.92 Å². The number of aryl methyl sites for hydroxylation is 2. The van der Waals surface area contributed by atoms with E-state index in [0.717, 1.165) is 36.1 Å². The number of rotatable bonds is 3. The molecule has 0 atom stereocenters. The average molecular weight is 319 g/mol. The minimum absolute atomic E-state index is 0.0741. The zero-order valence-electron chi connectivity index (χ0n) is 14.0. The molecule has 1 aliphatic rings. The lowest BCUT2D eigenvalue weighted by Gasteiger charge is -2.31. The summed E-state index contributed by atoms with van der Waals surface area (Å²) in [6.07, 6.45) is 2.03. The van der Waals surface area contributed by atoms with Gasteiger partial charge in [0.2, 0.25) is 0 Å². The number of likely N-dealkylation sites (tertiary alicyclic amines) is 1. The van der Waals surface area contributed by atoms with Crippen LogP contribution in [0.3, 0.4) is 0 Å². The van der Waals surface area contributed by atoms with Gasteiger partial charge in [-0.3, -0.25) is 0 Å². The minimum Gasteiger partial charge on any atom is -0.453 e. The van der Waals surface area contributed by atoms with E-state index in [9.17, 15) is 9.59 Å². The van der Waals surface area contributed by atoms with Crippen LogP contribution in [0.2, 0.25) is 0 Å². The zero-order chi connectivity index (χ0) is 16.8. The Hall–Kier alpha value is -2.24. The van der Waals surface area contributed by atoms with E-state index >= 15 is 0 Å². The van der Waals surface area contributed by atoms with Gasteiger partial charge in [-0.1, -0.05) is 25.1 Å². The number of para-hydroxylation sites is 1. The molecule has 23 heavy (non-hydrogen) atoms. The van der Waals surface area contributed by atoms with Gasteiger partial charge in [0.25, 0.3) is 0 Å². The first-order valence-corrected chi connectivity index (χ1v) is 8.04. The van der Waals surface area contributed by atoms with Crippen molar-refractivity contribution >= 4 is 17.8 Å². The van der Waals surface area contributed by atoms with Crippen LogP contribution < -0.4 is 10.6 Å². The molecule has 1 aliphatic heterocycles. The van der Waals surface area contributed by atoms with Gasteiger partial charge >= 0.3 is 12.1 Å². The van der Waals surface area contributed by atoms with E-state index in [1.54, 1.807) is 4.90 Å². The molecule has 3 amide bonds. The Morgan fingerprint density at radius 3 is 2.61 bits per heavy atom. The van der Waals surface area contributed by atoms with E-state index in [1.807, 2.05) is 25.1 Å². The van der Waals surface area contributed by atoms with Crippen molar-refractivity contribution in [2.45, 2.75) is 39.2 Å². The minimum atomic E-state index is -0.305. The zero-order valence-corrected chi connectivity index (χ0v) is 14.0. The highest BCUT2D eigenvalue weighted by atomic mass is 16.5. The van der Waals surface area contributed by atoms with Crippen molar-refractivity contribution in [2.24, 2.45) is 0 Å². The van der Waals surface area contributed by atoms with Crippen LogP contribution in [0.25, 0.3) is 0 Å². The molecule has 0 saturated carbocycles. The molecule has 1 aromatic rings. The largest absolute Gasteiger partial charge is 0.453 e. The maximum Gasteiger partial charge on any atom is 0.409 e. The predicted molar refractivity (Wildman–Crippen MR) is 89.7 cm³/mol. The standard InChI is InChI=1S/C17H25N3O3/c1-4-13-7-5-6-12(2)15(13)19-16(21)18-14-8-10-20(11-9-14)17(22)23-3/h5-7,14H,4,8-11H2,1-3H3,(H2,18,19,21). The first-order chi connectivity index (χ1) is 11.0. The summed E-state index contributed by atoms with van der Waals surface area (Å²) >= 11 is 0. The first kappa shape index (κ1) is 17.1. The predicted octanol–water partition coefficient (Wildman–Crippen LogP) is 2.91. The molecule has 0 bridgehead atoms. The van der Waals surface area contributed by atoms with Crippen LogP contribution in [0.5, 0.6) is 0 Å². The Labute approximate surface area is 137 Å². The number of urea groups is 1. The van der Waals surface area contributed by atoms with Gasteiger partial charge in [0, 0.05) is 24.8 Å². The summed E-state index contributed by atoms with van der Waals surface area (Å²) in [5.74, 6) is 0. The molecule has 0 unspecified atom stereocenters. The number of methoxy groups -OCH3 is 1. The number of hydrogen-bond donors (Lipinski definition) is 2. The van der Waals surface area contributed by atoms with Gasteiger partial charge in [-0.15, -0.1) is 0 Å². The molecule has 0 radical (unpaired) electrons. The highest BCUT2D eigenvalue weighted by Crippen LogP contribution is 2.21. The molecule has 2 N–H and O–H groups in total. The van der Waals surface area contributed by atoms with Crippen LogP contribution in [-0.4, -0.2) is 43.3 Å². The molecular formula is C17H25N3O3. The number of nitrogens with one attached hydrogen (secondary N) is 2. The van der Waals surface area contributed by atoms with Gasteiger partial charge in [0.15, 0.2) is 0 Å². The molecule has 6 nitrogen and oxygen atoms in total. The summed E-state index contributed by atoms with van der Waals surface area (Å²) in [7, 11) is 1.38. The molecule has 6 heteroatoms. The number of amides is 3. The third-order valence-corrected chi connectivity index (χ3v) is 4.24. The Morgan fingerprint density at radius 1 is 1.30 bits per heavy atom. The molecule has 1 heterocycles. The summed E-state index contributed by atoms with van der Waals surface area (Å²) < 4.78 is 4.71. The lowest BCUT2D eigenvalue weighted by Crippen LogP contribution is -2.47. The molecule has 1 aromatic carbocycles. The molecular weight excluding hydrogens is 294 g/mol. The number of carbonyl (C=O) groups excluding carboxylic acids is 2. The number of hydrogen-bond acceptors (Lipinski definition) is 3. The lowest BCUT2D eigenvalue weighted by molar-refractivity contribution is 0.110. The van der Waals surface area contributed by atoms with E-state index in [-0.39, 0.29) is 18.2 Å². The molecule has 0 spiro atoms. The maximum absolute atomic E-state index is 12.2. The Bertz CT molecular complexity index is 566. The fourth-order valence-electron chi connectivity index (χ4n) is 2.87. The number of nitrogens with zero attached hydrogens (tertiary/aromatic N) is 1. The number of anilines is 1. The third kappa shape index (κ3) is 4.37. The molecule has 126 valence electrons. The SMILES string of the molecule is CCc1cccc(C)c1NC(=O)NC1CCN(C(=O)OC)CC1. The smallest absolute Gasteiger partial charge is 0.409 e. The summed E-state index contributed by atoms with van der Waals surface area (Å²) in [5.41, 5.74) is 3.07. The fourth-order valence-corrected chi connectivity index (χ4v) is 2.87. The Balaban J connectivity index is 1.88. The highest BCUT2D eigenvalue weighted by Gasteiger charge is 2.24. The van der Waals surface area contributed by atoms with Gasteiger partial charge < -0.3 is 20.3 Å². The molecule has 1 saturated heterocycles. The fraction of sp³-hybridized carbons (Fsp3) is 0.529. The van der Waals surface area contributed by atoms with Crippen molar-refractivity contribution in [2.75, 3.05) is 25.5 Å². The van der Waals surface area contributed by atoms with E-state index in [1.165, 1.54) is 7.11 Å². The number of piperidine rings is 1. The van der Waals surface area contributed by atoms with E-state index in [0.29, 0.717) is 13.1 Å². The maximum atomic E-state index is 12.2. The summed E-state index contributed by atoms with van der Waals surface area (Å²) in [5, 5.41) is 5.96. The monoisotopic (exact) mass is 319 g/mol. The van der Waals surface area contributed by atoms with Gasteiger partial charge in [-0.25, -0.2) is 9.59 Å². The van der Waals surface area contributed by atoms with Crippen molar-refractivity contribution in [3.63, 3.8) is 0 Å². The number of carbonyl (C=O) groups is 2. The second kappa shape index (κ2) is 7.85. The van der Waals surface area contributed by atoms with E-state index in [4.69, 9.17) is 4.74 Å². The van der Waals surface area contributed by atoms with Crippen molar-refractivity contribution in [3.05, 3.63) is 29.3 Å². The van der Waals surface area contributed by atoms with E-state index < -0.39 is 0 Å². The molecule has 1 fully saturated rings. The van der Waals surface area contributed by atoms with Gasteiger partial charge in [0.05, 0.1) is 7.11 Å². The van der Waals surface area contributed by atoms with Crippen LogP contribution in [0.1, 0.15) is 30.9 Å². The number of ether oxygens (including phenoxy) is 1. The van der Waals surface area contributed by atoms with Crippen LogP contribution in [-0.2, 0) is 11.2 Å². The van der Waals surface area contributed by atoms with Crippen molar-refractivity contribution in [1.29, 1.82) is 0 Å². The summed E-state index contributed by atoms with van der Waals surface area (Å²) in [6, 6.07) is 5.90. The van der Waals surface area contributed by atoms with Crippen LogP contribution in [0.15, 0.2) is 18.2 Å². The van der Waals surface area contributed by atoms with Crippen LogP contribution in [0.4, 0.5) is 15.3 Å². The summed E-state index contributed by atoms with van der Waals surface area (Å²) in [4.78, 5) is 25.4. The molecule has 0 aromatic heterocycles. The molecule has 0 aliphatic carbocycles. The van der Waals surface area contributed by atoms with Gasteiger partial charge in [-0.2, -0.15) is 0 Å². The van der Waals surface area contributed by atoms with Gasteiger partial charge in [-0.05, 0) is 37.3 Å². The topological polar surface area (TPSA) is 70.7 Å².